The minimum absolute atomic E-state index is 0.0171. The fraction of sp³-hybridized carbons (Fsp3) is 0.318. The van der Waals surface area contributed by atoms with E-state index in [0.29, 0.717) is 5.56 Å². The maximum Gasteiger partial charge on any atom is 0.229 e. The van der Waals surface area contributed by atoms with Crippen LogP contribution in [0.1, 0.15) is 0 Å². The number of phenols is 2. The monoisotopic (exact) mass is 462 g/mol. The molecule has 1 saturated heterocycles. The molecule has 0 bridgehead atoms. The molecule has 2 heterocycles. The number of ether oxygens (including phenoxy) is 3. The van der Waals surface area contributed by atoms with Crippen LogP contribution in [-0.2, 0) is 4.74 Å². The van der Waals surface area contributed by atoms with Crippen LogP contribution >= 0.6 is 0 Å². The third-order valence-electron chi connectivity index (χ3n) is 5.43. The number of hydrogen-bond acceptors (Lipinski definition) is 11. The SMILES string of the molecule is COc1c(O[C@@H]2O[C@@H](CO)[C@@H](O)[C@H](O)[C@@H]2O)cc2occ(-c3ccc(O)cc3)c(=O)c2c1O. The van der Waals surface area contributed by atoms with Crippen molar-refractivity contribution in [2.24, 2.45) is 0 Å². The standard InChI is InChI=1S/C22H22O11/c1-30-21-13(32-22-20(29)19(28)17(26)14(7-23)33-22)6-12-15(18(21)27)16(25)11(8-31-12)9-2-4-10(24)5-3-9/h2-6,8,14,17,19-20,22-24,26-29H,7H2,1H3/t14-,17+,19-,20-,22+/m0/s1. The van der Waals surface area contributed by atoms with Crippen molar-refractivity contribution >= 4 is 11.0 Å². The first-order chi connectivity index (χ1) is 15.8. The van der Waals surface area contributed by atoms with Crippen molar-refractivity contribution in [3.05, 3.63) is 46.8 Å². The Labute approximate surface area is 186 Å². The molecule has 0 saturated carbocycles. The summed E-state index contributed by atoms with van der Waals surface area (Å²) in [4.78, 5) is 13.1. The van der Waals surface area contributed by atoms with Gasteiger partial charge in [-0.15, -0.1) is 0 Å². The van der Waals surface area contributed by atoms with E-state index < -0.39 is 48.5 Å². The largest absolute Gasteiger partial charge is 0.508 e. The van der Waals surface area contributed by atoms with Crippen LogP contribution < -0.4 is 14.9 Å². The van der Waals surface area contributed by atoms with Gasteiger partial charge in [0.1, 0.15) is 47.4 Å². The quantitative estimate of drug-likeness (QED) is 0.302. The Hall–Kier alpha value is -3.35. The van der Waals surface area contributed by atoms with E-state index in [9.17, 15) is 35.4 Å². The van der Waals surface area contributed by atoms with Crippen LogP contribution in [0.3, 0.4) is 0 Å². The smallest absolute Gasteiger partial charge is 0.229 e. The van der Waals surface area contributed by atoms with Crippen LogP contribution in [0.5, 0.6) is 23.0 Å². The average molecular weight is 462 g/mol. The number of aromatic hydroxyl groups is 2. The van der Waals surface area contributed by atoms with Crippen LogP contribution in [-0.4, -0.2) is 75.1 Å². The Bertz CT molecular complexity index is 1200. The Kier molecular flexibility index (Phi) is 6.15. The van der Waals surface area contributed by atoms with E-state index in [1.807, 2.05) is 0 Å². The lowest BCUT2D eigenvalue weighted by Gasteiger charge is -2.39. The molecule has 176 valence electrons. The molecule has 33 heavy (non-hydrogen) atoms. The molecule has 6 N–H and O–H groups in total. The number of phenolic OH excluding ortho intramolecular Hbond substituents is 2. The van der Waals surface area contributed by atoms with Crippen molar-refractivity contribution in [1.82, 2.24) is 0 Å². The molecular formula is C22H22O11. The summed E-state index contributed by atoms with van der Waals surface area (Å²) in [5.41, 5.74) is -0.0662. The second-order valence-corrected chi connectivity index (χ2v) is 7.47. The predicted octanol–water partition coefficient (Wildman–Crippen LogP) is 0.0585. The summed E-state index contributed by atoms with van der Waals surface area (Å²) < 4.78 is 21.6. The number of aliphatic hydroxyl groups excluding tert-OH is 4. The van der Waals surface area contributed by atoms with Crippen molar-refractivity contribution in [1.29, 1.82) is 0 Å². The molecule has 1 aromatic heterocycles. The topological polar surface area (TPSA) is 179 Å². The number of benzene rings is 2. The van der Waals surface area contributed by atoms with Gasteiger partial charge < -0.3 is 49.3 Å². The third kappa shape index (κ3) is 3.96. The first kappa shape index (κ1) is 22.8. The third-order valence-corrected chi connectivity index (χ3v) is 5.43. The van der Waals surface area contributed by atoms with E-state index in [2.05, 4.69) is 0 Å². The summed E-state index contributed by atoms with van der Waals surface area (Å²) in [6, 6.07) is 7.06. The van der Waals surface area contributed by atoms with Gasteiger partial charge in [0.15, 0.2) is 11.5 Å². The zero-order valence-electron chi connectivity index (χ0n) is 17.3. The molecule has 0 aliphatic carbocycles. The molecule has 11 heteroatoms. The van der Waals surface area contributed by atoms with Crippen molar-refractivity contribution in [3.63, 3.8) is 0 Å². The molecule has 1 aliphatic rings. The highest BCUT2D eigenvalue weighted by atomic mass is 16.7. The zero-order chi connectivity index (χ0) is 23.9. The summed E-state index contributed by atoms with van der Waals surface area (Å²) in [5.74, 6) is -1.03. The van der Waals surface area contributed by atoms with Crippen LogP contribution in [0.2, 0.25) is 0 Å². The van der Waals surface area contributed by atoms with Gasteiger partial charge >= 0.3 is 0 Å². The summed E-state index contributed by atoms with van der Waals surface area (Å²) >= 11 is 0. The van der Waals surface area contributed by atoms with Gasteiger partial charge in [0.2, 0.25) is 17.5 Å². The van der Waals surface area contributed by atoms with Gasteiger partial charge in [0, 0.05) is 6.07 Å². The average Bonchev–Trinajstić information content (AvgIpc) is 2.80. The lowest BCUT2D eigenvalue weighted by molar-refractivity contribution is -0.277. The first-order valence-corrected chi connectivity index (χ1v) is 9.88. The maximum absolute atomic E-state index is 13.1. The van der Waals surface area contributed by atoms with Gasteiger partial charge in [-0.3, -0.25) is 4.79 Å². The van der Waals surface area contributed by atoms with Crippen LogP contribution in [0.25, 0.3) is 22.1 Å². The fourth-order valence-corrected chi connectivity index (χ4v) is 3.64. The summed E-state index contributed by atoms with van der Waals surface area (Å²) in [5, 5.41) is 59.5. The lowest BCUT2D eigenvalue weighted by Crippen LogP contribution is -2.60. The Morgan fingerprint density at radius 3 is 2.36 bits per heavy atom. The van der Waals surface area contributed by atoms with E-state index >= 15 is 0 Å². The van der Waals surface area contributed by atoms with Crippen molar-refractivity contribution in [2.45, 2.75) is 30.7 Å². The minimum Gasteiger partial charge on any atom is -0.508 e. The second kappa shape index (κ2) is 8.89. The minimum atomic E-state index is -1.70. The molecule has 0 radical (unpaired) electrons. The Morgan fingerprint density at radius 1 is 1.03 bits per heavy atom. The number of rotatable bonds is 5. The highest BCUT2D eigenvalue weighted by molar-refractivity contribution is 5.91. The Balaban J connectivity index is 1.77. The molecule has 2 aromatic carbocycles. The van der Waals surface area contributed by atoms with Crippen LogP contribution in [0, 0.1) is 0 Å². The molecule has 1 fully saturated rings. The predicted molar refractivity (Wildman–Crippen MR) is 112 cm³/mol. The summed E-state index contributed by atoms with van der Waals surface area (Å²) in [6.45, 7) is -0.653. The van der Waals surface area contributed by atoms with E-state index in [4.69, 9.17) is 18.6 Å². The zero-order valence-corrected chi connectivity index (χ0v) is 17.3. The molecule has 1 aliphatic heterocycles. The Morgan fingerprint density at radius 2 is 1.73 bits per heavy atom. The molecule has 4 rings (SSSR count). The van der Waals surface area contributed by atoms with Gasteiger partial charge in [-0.2, -0.15) is 0 Å². The molecule has 0 spiro atoms. The molecular weight excluding hydrogens is 440 g/mol. The normalized spacial score (nSPS) is 25.2. The van der Waals surface area contributed by atoms with Gasteiger partial charge in [0.25, 0.3) is 0 Å². The molecule has 0 unspecified atom stereocenters. The van der Waals surface area contributed by atoms with E-state index in [0.717, 1.165) is 0 Å². The van der Waals surface area contributed by atoms with Crippen LogP contribution in [0.4, 0.5) is 0 Å². The van der Waals surface area contributed by atoms with Gasteiger partial charge in [-0.05, 0) is 17.7 Å². The highest BCUT2D eigenvalue weighted by Crippen LogP contribution is 2.43. The highest BCUT2D eigenvalue weighted by Gasteiger charge is 2.45. The summed E-state index contributed by atoms with van der Waals surface area (Å²) in [6.07, 6.45) is -6.52. The van der Waals surface area contributed by atoms with Crippen molar-refractivity contribution < 1.29 is 49.3 Å². The van der Waals surface area contributed by atoms with Crippen LogP contribution in [0.15, 0.2) is 45.8 Å². The maximum atomic E-state index is 13.1. The molecule has 11 nitrogen and oxygen atoms in total. The van der Waals surface area contributed by atoms with Gasteiger partial charge in [0.05, 0.1) is 19.3 Å². The molecule has 3 aromatic rings. The van der Waals surface area contributed by atoms with Crippen molar-refractivity contribution in [2.75, 3.05) is 13.7 Å². The number of methoxy groups -OCH3 is 1. The van der Waals surface area contributed by atoms with Gasteiger partial charge in [-0.25, -0.2) is 0 Å². The van der Waals surface area contributed by atoms with E-state index in [1.165, 1.54) is 43.7 Å². The van der Waals surface area contributed by atoms with E-state index in [-0.39, 0.29) is 33.8 Å². The number of aliphatic hydroxyl groups is 4. The van der Waals surface area contributed by atoms with Crippen molar-refractivity contribution in [3.8, 4) is 34.1 Å². The number of fused-ring (bicyclic) bond motifs is 1. The van der Waals surface area contributed by atoms with Gasteiger partial charge in [-0.1, -0.05) is 12.1 Å². The molecule has 5 atom stereocenters. The number of hydrogen-bond donors (Lipinski definition) is 6. The second-order valence-electron chi connectivity index (χ2n) is 7.47. The first-order valence-electron chi connectivity index (χ1n) is 9.88. The van der Waals surface area contributed by atoms with E-state index in [1.54, 1.807) is 0 Å². The fourth-order valence-electron chi connectivity index (χ4n) is 3.64. The summed E-state index contributed by atoms with van der Waals surface area (Å²) in [7, 11) is 1.21. The molecule has 0 amide bonds. The lowest BCUT2D eigenvalue weighted by atomic mass is 9.99.